The molecule has 2 radical (unpaired) electrons. The third kappa shape index (κ3) is 1.64. The Bertz CT molecular complexity index is 187. The lowest BCUT2D eigenvalue weighted by molar-refractivity contribution is -0.158. The van der Waals surface area contributed by atoms with Gasteiger partial charge in [0.1, 0.15) is 6.04 Å². The molecule has 0 N–H and O–H groups in total. The Hall–Kier alpha value is -0.880. The summed E-state index contributed by atoms with van der Waals surface area (Å²) in [6.45, 7) is 0. The fraction of sp³-hybridized carbons (Fsp3) is 0.800. The van der Waals surface area contributed by atoms with Gasteiger partial charge in [-0.15, -0.1) is 0 Å². The third-order valence-electron chi connectivity index (χ3n) is 1.32. The Morgan fingerprint density at radius 1 is 1.25 bits per heavy atom. The van der Waals surface area contributed by atoms with Gasteiger partial charge in [0.25, 0.3) is 6.43 Å². The molecule has 0 amide bonds. The van der Waals surface area contributed by atoms with Crippen molar-refractivity contribution in [2.24, 2.45) is 4.99 Å². The minimum Gasteiger partial charge on any atom is -0.252 e. The molecule has 1 aliphatic rings. The van der Waals surface area contributed by atoms with Crippen LogP contribution >= 0.6 is 0 Å². The summed E-state index contributed by atoms with van der Waals surface area (Å²) in [5, 5.41) is 2.80. The number of hydrogen-bond donors (Lipinski definition) is 0. The molecular formula is C5H3F5N2. The maximum Gasteiger partial charge on any atom is 0.413 e. The zero-order chi connectivity index (χ0) is 9.35. The van der Waals surface area contributed by atoms with E-state index in [2.05, 4.69) is 10.3 Å². The second-order valence-electron chi connectivity index (χ2n) is 2.17. The smallest absolute Gasteiger partial charge is 0.252 e. The molecule has 0 aromatic rings. The predicted molar refractivity (Wildman–Crippen MR) is 29.2 cm³/mol. The van der Waals surface area contributed by atoms with Crippen LogP contribution in [0.5, 0.6) is 0 Å². The van der Waals surface area contributed by atoms with E-state index in [4.69, 9.17) is 0 Å². The van der Waals surface area contributed by atoms with E-state index >= 15 is 0 Å². The average molecular weight is 186 g/mol. The Morgan fingerprint density at radius 2 is 1.83 bits per heavy atom. The van der Waals surface area contributed by atoms with Gasteiger partial charge < -0.3 is 0 Å². The molecule has 68 valence electrons. The van der Waals surface area contributed by atoms with Gasteiger partial charge in [0.05, 0.1) is 0 Å². The predicted octanol–water partition coefficient (Wildman–Crippen LogP) is 1.07. The van der Waals surface area contributed by atoms with Crippen molar-refractivity contribution < 1.29 is 22.0 Å². The normalized spacial score (nSPS) is 29.5. The van der Waals surface area contributed by atoms with E-state index in [1.807, 2.05) is 0 Å². The van der Waals surface area contributed by atoms with Crippen LogP contribution < -0.4 is 5.32 Å². The molecule has 1 aliphatic heterocycles. The number of nitrogens with zero attached hydrogens (tertiary/aromatic N) is 2. The standard InChI is InChI=1S/C5H3F5N2/c6-4(7)2-3(5(8,9)10)12-1-11-2/h2-4H. The summed E-state index contributed by atoms with van der Waals surface area (Å²) in [6.07, 6.45) is -6.37. The minimum absolute atomic E-state index is 1.56. The van der Waals surface area contributed by atoms with Gasteiger partial charge in [-0.25, -0.2) is 13.8 Å². The lowest BCUT2D eigenvalue weighted by Gasteiger charge is -2.17. The van der Waals surface area contributed by atoms with Crippen LogP contribution in [0.4, 0.5) is 22.0 Å². The van der Waals surface area contributed by atoms with E-state index in [-0.39, 0.29) is 0 Å². The molecule has 0 saturated heterocycles. The summed E-state index contributed by atoms with van der Waals surface area (Å²) in [6, 6.07) is -4.55. The Balaban J connectivity index is 2.70. The first-order valence-corrected chi connectivity index (χ1v) is 2.92. The summed E-state index contributed by atoms with van der Waals surface area (Å²) in [5.41, 5.74) is 0. The molecule has 0 saturated carbocycles. The first kappa shape index (κ1) is 9.21. The largest absolute Gasteiger partial charge is 0.413 e. The van der Waals surface area contributed by atoms with Crippen molar-refractivity contribution >= 4 is 6.34 Å². The monoisotopic (exact) mass is 186 g/mol. The lowest BCUT2D eigenvalue weighted by atomic mass is 10.1. The van der Waals surface area contributed by atoms with E-state index in [1.165, 1.54) is 0 Å². The molecule has 0 bridgehead atoms. The molecule has 2 unspecified atom stereocenters. The van der Waals surface area contributed by atoms with Crippen molar-refractivity contribution in [1.82, 2.24) is 5.32 Å². The highest BCUT2D eigenvalue weighted by molar-refractivity contribution is 5.58. The van der Waals surface area contributed by atoms with Gasteiger partial charge in [-0.05, 0) is 0 Å². The number of rotatable bonds is 1. The van der Waals surface area contributed by atoms with Crippen molar-refractivity contribution in [3.05, 3.63) is 0 Å². The molecule has 0 spiro atoms. The quantitative estimate of drug-likeness (QED) is 0.548. The molecule has 1 heterocycles. The van der Waals surface area contributed by atoms with E-state index < -0.39 is 24.7 Å². The van der Waals surface area contributed by atoms with Crippen LogP contribution in [0.25, 0.3) is 0 Å². The van der Waals surface area contributed by atoms with Crippen LogP contribution in [0.3, 0.4) is 0 Å². The highest BCUT2D eigenvalue weighted by Crippen LogP contribution is 2.29. The fourth-order valence-electron chi connectivity index (χ4n) is 0.770. The molecule has 0 aliphatic carbocycles. The summed E-state index contributed by atoms with van der Waals surface area (Å²) >= 11 is 0. The van der Waals surface area contributed by atoms with Crippen LogP contribution in [-0.2, 0) is 0 Å². The second-order valence-corrected chi connectivity index (χ2v) is 2.17. The van der Waals surface area contributed by atoms with Crippen LogP contribution in [0.2, 0.25) is 0 Å². The van der Waals surface area contributed by atoms with Crippen molar-refractivity contribution in [1.29, 1.82) is 0 Å². The molecule has 0 aromatic heterocycles. The van der Waals surface area contributed by atoms with E-state index in [9.17, 15) is 22.0 Å². The van der Waals surface area contributed by atoms with E-state index in [0.29, 0.717) is 0 Å². The molecule has 12 heavy (non-hydrogen) atoms. The molecule has 7 heteroatoms. The summed E-state index contributed by atoms with van der Waals surface area (Å²) in [5.74, 6) is 0. The van der Waals surface area contributed by atoms with Gasteiger partial charge in [-0.1, -0.05) is 0 Å². The number of halogens is 5. The Labute approximate surface area is 64.5 Å². The summed E-state index contributed by atoms with van der Waals surface area (Å²) in [7, 11) is 0. The van der Waals surface area contributed by atoms with Crippen molar-refractivity contribution in [2.75, 3.05) is 0 Å². The lowest BCUT2D eigenvalue weighted by Crippen LogP contribution is -2.43. The number of hydrogen-bond acceptors (Lipinski definition) is 1. The molecular weight excluding hydrogens is 183 g/mol. The first-order chi connectivity index (χ1) is 5.43. The molecule has 2 atom stereocenters. The van der Waals surface area contributed by atoms with E-state index in [1.54, 1.807) is 6.34 Å². The minimum atomic E-state index is -4.77. The highest BCUT2D eigenvalue weighted by Gasteiger charge is 2.51. The van der Waals surface area contributed by atoms with Crippen LogP contribution in [-0.4, -0.2) is 31.0 Å². The molecule has 0 fully saturated rings. The van der Waals surface area contributed by atoms with E-state index in [0.717, 1.165) is 0 Å². The SMILES string of the molecule is FC(F)C1[N][C]=NC1C(F)(F)F. The third-order valence-corrected chi connectivity index (χ3v) is 1.32. The Kier molecular flexibility index (Phi) is 2.20. The first-order valence-electron chi connectivity index (χ1n) is 2.92. The van der Waals surface area contributed by atoms with Gasteiger partial charge in [0.2, 0.25) is 0 Å². The molecule has 2 nitrogen and oxygen atoms in total. The number of alkyl halides is 5. The summed E-state index contributed by atoms with van der Waals surface area (Å²) < 4.78 is 59.2. The van der Waals surface area contributed by atoms with Gasteiger partial charge >= 0.3 is 6.18 Å². The van der Waals surface area contributed by atoms with Gasteiger partial charge in [-0.2, -0.15) is 13.2 Å². The topological polar surface area (TPSA) is 26.5 Å². The van der Waals surface area contributed by atoms with Crippen LogP contribution in [0.1, 0.15) is 0 Å². The van der Waals surface area contributed by atoms with Crippen molar-refractivity contribution in [2.45, 2.75) is 24.7 Å². The maximum atomic E-state index is 11.8. The fourth-order valence-corrected chi connectivity index (χ4v) is 0.770. The average Bonchev–Trinajstić information content (AvgIpc) is 2.30. The highest BCUT2D eigenvalue weighted by atomic mass is 19.4. The Morgan fingerprint density at radius 3 is 2.17 bits per heavy atom. The van der Waals surface area contributed by atoms with Gasteiger partial charge in [0.15, 0.2) is 12.4 Å². The summed E-state index contributed by atoms with van der Waals surface area (Å²) in [4.78, 5) is 2.69. The second kappa shape index (κ2) is 2.87. The van der Waals surface area contributed by atoms with Crippen LogP contribution in [0.15, 0.2) is 4.99 Å². The number of aliphatic imine (C=N–C) groups is 1. The van der Waals surface area contributed by atoms with Crippen molar-refractivity contribution in [3.8, 4) is 0 Å². The van der Waals surface area contributed by atoms with Crippen LogP contribution in [0, 0.1) is 0 Å². The zero-order valence-electron chi connectivity index (χ0n) is 5.52. The van der Waals surface area contributed by atoms with Crippen molar-refractivity contribution in [3.63, 3.8) is 0 Å². The molecule has 0 aromatic carbocycles. The van der Waals surface area contributed by atoms with Gasteiger partial charge in [-0.3, -0.25) is 5.32 Å². The molecule has 1 rings (SSSR count). The maximum absolute atomic E-state index is 11.8. The zero-order valence-corrected chi connectivity index (χ0v) is 5.52. The van der Waals surface area contributed by atoms with Gasteiger partial charge in [0, 0.05) is 0 Å².